The molecule has 0 spiro atoms. The van der Waals surface area contributed by atoms with E-state index >= 15 is 0 Å². The van der Waals surface area contributed by atoms with E-state index in [9.17, 15) is 9.90 Å². The minimum atomic E-state index is -0.162. The van der Waals surface area contributed by atoms with Crippen molar-refractivity contribution in [3.05, 3.63) is 0 Å². The minimum absolute atomic E-state index is 0.0110. The van der Waals surface area contributed by atoms with Gasteiger partial charge < -0.3 is 15.7 Å². The van der Waals surface area contributed by atoms with E-state index in [1.165, 1.54) is 19.3 Å². The fourth-order valence-electron chi connectivity index (χ4n) is 3.43. The third-order valence-corrected chi connectivity index (χ3v) is 4.73. The van der Waals surface area contributed by atoms with Crippen LogP contribution in [0.5, 0.6) is 0 Å². The van der Waals surface area contributed by atoms with E-state index < -0.39 is 0 Å². The van der Waals surface area contributed by atoms with Gasteiger partial charge in [-0.25, -0.2) is 4.79 Å². The Bertz CT molecular complexity index is 288. The molecule has 2 fully saturated rings. The van der Waals surface area contributed by atoms with Gasteiger partial charge in [-0.05, 0) is 44.4 Å². The minimum Gasteiger partial charge on any atom is -0.393 e. The SMILES string of the molecule is CCC1CCCC(NC(=O)NC2CCC(O)CC2)C1. The molecule has 2 rings (SSSR count). The van der Waals surface area contributed by atoms with Crippen LogP contribution in [0, 0.1) is 5.92 Å². The van der Waals surface area contributed by atoms with Crippen molar-refractivity contribution in [2.75, 3.05) is 0 Å². The van der Waals surface area contributed by atoms with E-state index in [4.69, 9.17) is 0 Å². The first-order chi connectivity index (χ1) is 9.17. The molecular formula is C15H28N2O2. The zero-order valence-electron chi connectivity index (χ0n) is 12.0. The maximum absolute atomic E-state index is 12.0. The van der Waals surface area contributed by atoms with E-state index in [-0.39, 0.29) is 18.2 Å². The normalized spacial score (nSPS) is 35.7. The van der Waals surface area contributed by atoms with Crippen LogP contribution in [0.2, 0.25) is 0 Å². The van der Waals surface area contributed by atoms with E-state index in [1.807, 2.05) is 0 Å². The molecule has 0 radical (unpaired) electrons. The monoisotopic (exact) mass is 268 g/mol. The third kappa shape index (κ3) is 4.68. The zero-order valence-corrected chi connectivity index (χ0v) is 12.0. The van der Waals surface area contributed by atoms with Gasteiger partial charge >= 0.3 is 6.03 Å². The van der Waals surface area contributed by atoms with Crippen LogP contribution in [0.25, 0.3) is 0 Å². The summed E-state index contributed by atoms with van der Waals surface area (Å²) in [6.45, 7) is 2.24. The molecule has 110 valence electrons. The van der Waals surface area contributed by atoms with Crippen molar-refractivity contribution in [3.63, 3.8) is 0 Å². The van der Waals surface area contributed by atoms with Gasteiger partial charge in [-0.1, -0.05) is 26.2 Å². The van der Waals surface area contributed by atoms with Crippen molar-refractivity contribution in [1.82, 2.24) is 10.6 Å². The Hall–Kier alpha value is -0.770. The second kappa shape index (κ2) is 7.13. The molecule has 2 atom stereocenters. The van der Waals surface area contributed by atoms with Crippen LogP contribution in [0.15, 0.2) is 0 Å². The highest BCUT2D eigenvalue weighted by molar-refractivity contribution is 5.74. The Morgan fingerprint density at radius 1 is 1.05 bits per heavy atom. The number of urea groups is 1. The van der Waals surface area contributed by atoms with Gasteiger partial charge in [0, 0.05) is 12.1 Å². The Labute approximate surface area is 116 Å². The number of hydrogen-bond acceptors (Lipinski definition) is 2. The van der Waals surface area contributed by atoms with Gasteiger partial charge in [0.15, 0.2) is 0 Å². The van der Waals surface area contributed by atoms with Crippen LogP contribution in [0.3, 0.4) is 0 Å². The van der Waals surface area contributed by atoms with Crippen molar-refractivity contribution in [2.24, 2.45) is 5.92 Å². The number of aliphatic hydroxyl groups is 1. The molecule has 2 aliphatic carbocycles. The van der Waals surface area contributed by atoms with Gasteiger partial charge in [-0.3, -0.25) is 0 Å². The summed E-state index contributed by atoms with van der Waals surface area (Å²) in [5.41, 5.74) is 0. The Morgan fingerprint density at radius 2 is 1.74 bits per heavy atom. The van der Waals surface area contributed by atoms with Gasteiger partial charge in [0.25, 0.3) is 0 Å². The number of hydrogen-bond donors (Lipinski definition) is 3. The summed E-state index contributed by atoms with van der Waals surface area (Å²) in [6.07, 6.45) is 9.29. The van der Waals surface area contributed by atoms with Crippen molar-refractivity contribution in [2.45, 2.75) is 82.9 Å². The molecule has 0 saturated heterocycles. The highest BCUT2D eigenvalue weighted by Crippen LogP contribution is 2.26. The summed E-state index contributed by atoms with van der Waals surface area (Å²) in [5, 5.41) is 15.6. The van der Waals surface area contributed by atoms with E-state index in [0.29, 0.717) is 6.04 Å². The van der Waals surface area contributed by atoms with Gasteiger partial charge in [0.2, 0.25) is 0 Å². The second-order valence-corrected chi connectivity index (χ2v) is 6.26. The molecule has 2 amide bonds. The van der Waals surface area contributed by atoms with Crippen LogP contribution < -0.4 is 10.6 Å². The van der Waals surface area contributed by atoms with Crippen LogP contribution in [0.1, 0.15) is 64.7 Å². The molecule has 0 aromatic heterocycles. The quantitative estimate of drug-likeness (QED) is 0.736. The first-order valence-corrected chi connectivity index (χ1v) is 7.92. The third-order valence-electron chi connectivity index (χ3n) is 4.73. The molecule has 19 heavy (non-hydrogen) atoms. The van der Waals surface area contributed by atoms with Gasteiger partial charge in [0.1, 0.15) is 0 Å². The largest absolute Gasteiger partial charge is 0.393 e. The highest BCUT2D eigenvalue weighted by Gasteiger charge is 2.24. The number of rotatable bonds is 3. The lowest BCUT2D eigenvalue weighted by Crippen LogP contribution is -2.48. The van der Waals surface area contributed by atoms with Crippen LogP contribution in [-0.4, -0.2) is 29.3 Å². The molecule has 3 N–H and O–H groups in total. The molecule has 2 unspecified atom stereocenters. The Balaban J connectivity index is 1.69. The van der Waals surface area contributed by atoms with Crippen LogP contribution in [0.4, 0.5) is 4.79 Å². The molecule has 0 heterocycles. The number of carbonyl (C=O) groups is 1. The maximum Gasteiger partial charge on any atom is 0.315 e. The maximum atomic E-state index is 12.0. The predicted octanol–water partition coefficient (Wildman–Crippen LogP) is 2.56. The topological polar surface area (TPSA) is 61.4 Å². The van der Waals surface area contributed by atoms with E-state index in [1.54, 1.807) is 0 Å². The molecule has 0 aromatic rings. The van der Waals surface area contributed by atoms with Crippen molar-refractivity contribution >= 4 is 6.03 Å². The molecule has 0 bridgehead atoms. The standard InChI is InChI=1S/C15H28N2O2/c1-2-11-4-3-5-13(10-11)17-15(19)16-12-6-8-14(18)9-7-12/h11-14,18H,2-10H2,1H3,(H2,16,17,19). The molecule has 2 saturated carbocycles. The molecule has 0 aliphatic heterocycles. The summed E-state index contributed by atoms with van der Waals surface area (Å²) in [6, 6.07) is 0.588. The number of nitrogens with one attached hydrogen (secondary N) is 2. The fourth-order valence-corrected chi connectivity index (χ4v) is 3.43. The fraction of sp³-hybridized carbons (Fsp3) is 0.933. The smallest absolute Gasteiger partial charge is 0.315 e. The van der Waals surface area contributed by atoms with E-state index in [2.05, 4.69) is 17.6 Å². The van der Waals surface area contributed by atoms with Gasteiger partial charge in [0.05, 0.1) is 6.10 Å². The van der Waals surface area contributed by atoms with Crippen LogP contribution in [-0.2, 0) is 0 Å². The molecular weight excluding hydrogens is 240 g/mol. The van der Waals surface area contributed by atoms with Crippen molar-refractivity contribution in [3.8, 4) is 0 Å². The van der Waals surface area contributed by atoms with Crippen molar-refractivity contribution < 1.29 is 9.90 Å². The summed E-state index contributed by atoms with van der Waals surface area (Å²) < 4.78 is 0. The van der Waals surface area contributed by atoms with E-state index in [0.717, 1.165) is 44.4 Å². The first kappa shape index (κ1) is 14.6. The molecule has 4 nitrogen and oxygen atoms in total. The summed E-state index contributed by atoms with van der Waals surface area (Å²) in [5.74, 6) is 0.781. The lowest BCUT2D eigenvalue weighted by Gasteiger charge is -2.31. The predicted molar refractivity (Wildman–Crippen MR) is 76.0 cm³/mol. The zero-order chi connectivity index (χ0) is 13.7. The number of carbonyl (C=O) groups excluding carboxylic acids is 1. The average molecular weight is 268 g/mol. The average Bonchev–Trinajstić information content (AvgIpc) is 2.41. The lowest BCUT2D eigenvalue weighted by molar-refractivity contribution is 0.117. The summed E-state index contributed by atoms with van der Waals surface area (Å²) in [7, 11) is 0. The summed E-state index contributed by atoms with van der Waals surface area (Å²) >= 11 is 0. The highest BCUT2D eigenvalue weighted by atomic mass is 16.3. The van der Waals surface area contributed by atoms with Gasteiger partial charge in [-0.15, -0.1) is 0 Å². The molecule has 0 aromatic carbocycles. The summed E-state index contributed by atoms with van der Waals surface area (Å²) in [4.78, 5) is 12.0. The Morgan fingerprint density at radius 3 is 2.42 bits per heavy atom. The van der Waals surface area contributed by atoms with Crippen molar-refractivity contribution in [1.29, 1.82) is 0 Å². The van der Waals surface area contributed by atoms with Crippen LogP contribution >= 0.6 is 0 Å². The first-order valence-electron chi connectivity index (χ1n) is 7.92. The lowest BCUT2D eigenvalue weighted by atomic mass is 9.84. The molecule has 2 aliphatic rings. The number of aliphatic hydroxyl groups excluding tert-OH is 1. The number of amides is 2. The second-order valence-electron chi connectivity index (χ2n) is 6.26. The Kier molecular flexibility index (Phi) is 5.49. The van der Waals surface area contributed by atoms with Gasteiger partial charge in [-0.2, -0.15) is 0 Å². The molecule has 4 heteroatoms.